The molecule has 1 heterocycles. The number of benzene rings is 1. The molecule has 0 atom stereocenters. The van der Waals surface area contributed by atoms with Gasteiger partial charge in [-0.15, -0.1) is 0 Å². The minimum absolute atomic E-state index is 0.0545. The molecule has 0 aliphatic carbocycles. The van der Waals surface area contributed by atoms with E-state index in [4.69, 9.17) is 5.73 Å². The summed E-state index contributed by atoms with van der Waals surface area (Å²) in [6, 6.07) is 13.2. The topological polar surface area (TPSA) is 59.2 Å². The number of nitrogen functional groups attached to an aromatic ring is 1. The minimum atomic E-state index is 0.0545. The van der Waals surface area contributed by atoms with E-state index in [-0.39, 0.29) is 5.91 Å². The van der Waals surface area contributed by atoms with Gasteiger partial charge in [-0.3, -0.25) is 9.78 Å². The summed E-state index contributed by atoms with van der Waals surface area (Å²) in [6.07, 6.45) is 0.355. The molecule has 1 amide bonds. The summed E-state index contributed by atoms with van der Waals surface area (Å²) < 4.78 is 0. The van der Waals surface area contributed by atoms with Crippen molar-refractivity contribution >= 4 is 11.6 Å². The molecule has 20 heavy (non-hydrogen) atoms. The van der Waals surface area contributed by atoms with Gasteiger partial charge in [-0.05, 0) is 36.8 Å². The summed E-state index contributed by atoms with van der Waals surface area (Å²) in [7, 11) is 1.79. The van der Waals surface area contributed by atoms with E-state index in [9.17, 15) is 4.79 Å². The lowest BCUT2D eigenvalue weighted by Crippen LogP contribution is -2.28. The second-order valence-corrected chi connectivity index (χ2v) is 4.94. The molecule has 1 aromatic carbocycles. The Labute approximate surface area is 119 Å². The molecule has 4 heteroatoms. The van der Waals surface area contributed by atoms with Gasteiger partial charge in [-0.25, -0.2) is 0 Å². The number of rotatable bonds is 4. The van der Waals surface area contributed by atoms with Crippen LogP contribution in [0.25, 0.3) is 0 Å². The fraction of sp³-hybridized carbons (Fsp3) is 0.250. The fourth-order valence-electron chi connectivity index (χ4n) is 2.03. The molecule has 104 valence electrons. The molecule has 0 fully saturated rings. The first-order chi connectivity index (χ1) is 9.54. The molecule has 0 saturated heterocycles. The first-order valence-corrected chi connectivity index (χ1v) is 6.55. The molecule has 0 aliphatic heterocycles. The molecule has 2 rings (SSSR count). The third-order valence-corrected chi connectivity index (χ3v) is 3.08. The summed E-state index contributed by atoms with van der Waals surface area (Å²) in [5, 5.41) is 0. The molecule has 4 nitrogen and oxygen atoms in total. The lowest BCUT2D eigenvalue weighted by atomic mass is 10.1. The van der Waals surface area contributed by atoms with Crippen molar-refractivity contribution in [3.63, 3.8) is 0 Å². The van der Waals surface area contributed by atoms with Crippen LogP contribution in [0.5, 0.6) is 0 Å². The molecule has 0 radical (unpaired) electrons. The minimum Gasteiger partial charge on any atom is -0.399 e. The number of anilines is 1. The highest BCUT2D eigenvalue weighted by atomic mass is 16.2. The second-order valence-electron chi connectivity index (χ2n) is 4.94. The van der Waals surface area contributed by atoms with E-state index in [1.54, 1.807) is 11.9 Å². The molecule has 0 spiro atoms. The quantitative estimate of drug-likeness (QED) is 0.865. The summed E-state index contributed by atoms with van der Waals surface area (Å²) in [6.45, 7) is 2.46. The number of nitrogens with zero attached hydrogens (tertiary/aromatic N) is 2. The fourth-order valence-corrected chi connectivity index (χ4v) is 2.03. The average molecular weight is 269 g/mol. The number of carbonyl (C=O) groups is 1. The smallest absolute Gasteiger partial charge is 0.227 e. The van der Waals surface area contributed by atoms with Crippen LogP contribution >= 0.6 is 0 Å². The zero-order valence-corrected chi connectivity index (χ0v) is 11.8. The highest BCUT2D eigenvalue weighted by Gasteiger charge is 2.11. The van der Waals surface area contributed by atoms with Gasteiger partial charge in [0.1, 0.15) is 0 Å². The maximum Gasteiger partial charge on any atom is 0.227 e. The van der Waals surface area contributed by atoms with Gasteiger partial charge in [0.15, 0.2) is 0 Å². The molecule has 0 saturated carbocycles. The number of hydrogen-bond acceptors (Lipinski definition) is 3. The van der Waals surface area contributed by atoms with Gasteiger partial charge in [-0.1, -0.05) is 18.2 Å². The van der Waals surface area contributed by atoms with E-state index in [0.29, 0.717) is 18.7 Å². The van der Waals surface area contributed by atoms with Crippen LogP contribution < -0.4 is 5.73 Å². The van der Waals surface area contributed by atoms with Gasteiger partial charge < -0.3 is 10.6 Å². The number of aryl methyl sites for hydroxylation is 1. The number of amides is 1. The molecular weight excluding hydrogens is 250 g/mol. The van der Waals surface area contributed by atoms with Gasteiger partial charge >= 0.3 is 0 Å². The third kappa shape index (κ3) is 3.82. The number of carbonyl (C=O) groups excluding carboxylic acids is 1. The summed E-state index contributed by atoms with van der Waals surface area (Å²) in [5.74, 6) is 0.0545. The van der Waals surface area contributed by atoms with Gasteiger partial charge in [0.05, 0.1) is 18.7 Å². The monoisotopic (exact) mass is 269 g/mol. The lowest BCUT2D eigenvalue weighted by molar-refractivity contribution is -0.129. The van der Waals surface area contributed by atoms with Crippen molar-refractivity contribution in [3.8, 4) is 0 Å². The van der Waals surface area contributed by atoms with Gasteiger partial charge in [-0.2, -0.15) is 0 Å². The SMILES string of the molecule is Cc1cccc(CN(C)C(=O)Cc2cccc(N)c2)n1. The zero-order chi connectivity index (χ0) is 14.5. The van der Waals surface area contributed by atoms with E-state index in [0.717, 1.165) is 17.0 Å². The number of aromatic nitrogens is 1. The van der Waals surface area contributed by atoms with Crippen molar-refractivity contribution in [2.24, 2.45) is 0 Å². The Morgan fingerprint density at radius 1 is 1.25 bits per heavy atom. The van der Waals surface area contributed by atoms with Crippen LogP contribution in [0.15, 0.2) is 42.5 Å². The second kappa shape index (κ2) is 6.19. The van der Waals surface area contributed by atoms with E-state index in [2.05, 4.69) is 4.98 Å². The predicted molar refractivity (Wildman–Crippen MR) is 80.0 cm³/mol. The largest absolute Gasteiger partial charge is 0.399 e. The number of hydrogen-bond donors (Lipinski definition) is 1. The van der Waals surface area contributed by atoms with E-state index in [1.807, 2.05) is 49.4 Å². The van der Waals surface area contributed by atoms with Crippen LogP contribution in [0.4, 0.5) is 5.69 Å². The number of likely N-dealkylation sites (N-methyl/N-ethyl adjacent to an activating group) is 1. The number of pyridine rings is 1. The van der Waals surface area contributed by atoms with Crippen molar-refractivity contribution in [1.29, 1.82) is 0 Å². The van der Waals surface area contributed by atoms with Crippen molar-refractivity contribution in [3.05, 3.63) is 59.4 Å². The zero-order valence-electron chi connectivity index (χ0n) is 11.8. The lowest BCUT2D eigenvalue weighted by Gasteiger charge is -2.17. The molecule has 1 aromatic heterocycles. The molecule has 0 unspecified atom stereocenters. The van der Waals surface area contributed by atoms with Crippen LogP contribution in [0.2, 0.25) is 0 Å². The van der Waals surface area contributed by atoms with Gasteiger partial charge in [0, 0.05) is 18.4 Å². The van der Waals surface area contributed by atoms with Crippen LogP contribution in [0.3, 0.4) is 0 Å². The molecule has 2 aromatic rings. The normalized spacial score (nSPS) is 10.3. The molecule has 0 bridgehead atoms. The predicted octanol–water partition coefficient (Wildman–Crippen LogP) is 2.17. The van der Waals surface area contributed by atoms with E-state index in [1.165, 1.54) is 0 Å². The highest BCUT2D eigenvalue weighted by molar-refractivity contribution is 5.78. The first-order valence-electron chi connectivity index (χ1n) is 6.55. The maximum absolute atomic E-state index is 12.2. The third-order valence-electron chi connectivity index (χ3n) is 3.08. The van der Waals surface area contributed by atoms with Crippen LogP contribution in [-0.4, -0.2) is 22.8 Å². The Balaban J connectivity index is 1.98. The van der Waals surface area contributed by atoms with E-state index >= 15 is 0 Å². The van der Waals surface area contributed by atoms with Crippen molar-refractivity contribution in [1.82, 2.24) is 9.88 Å². The van der Waals surface area contributed by atoms with Crippen molar-refractivity contribution in [2.75, 3.05) is 12.8 Å². The van der Waals surface area contributed by atoms with Gasteiger partial charge in [0.25, 0.3) is 0 Å². The molecule has 0 aliphatic rings. The average Bonchev–Trinajstić information content (AvgIpc) is 2.38. The Bertz CT molecular complexity index is 610. The maximum atomic E-state index is 12.2. The van der Waals surface area contributed by atoms with Crippen LogP contribution in [0, 0.1) is 6.92 Å². The Morgan fingerprint density at radius 3 is 2.70 bits per heavy atom. The van der Waals surface area contributed by atoms with Crippen molar-refractivity contribution < 1.29 is 4.79 Å². The Morgan fingerprint density at radius 2 is 2.00 bits per heavy atom. The summed E-state index contributed by atoms with van der Waals surface area (Å²) >= 11 is 0. The molecule has 2 N–H and O–H groups in total. The first kappa shape index (κ1) is 14.1. The highest BCUT2D eigenvalue weighted by Crippen LogP contribution is 2.09. The van der Waals surface area contributed by atoms with Gasteiger partial charge in [0.2, 0.25) is 5.91 Å². The summed E-state index contributed by atoms with van der Waals surface area (Å²) in [4.78, 5) is 18.3. The van der Waals surface area contributed by atoms with E-state index < -0.39 is 0 Å². The Hall–Kier alpha value is -2.36. The molecular formula is C16H19N3O. The Kier molecular flexibility index (Phi) is 4.35. The standard InChI is InChI=1S/C16H19N3O/c1-12-5-3-8-15(18-12)11-19(2)16(20)10-13-6-4-7-14(17)9-13/h3-9H,10-11,17H2,1-2H3. The number of nitrogens with two attached hydrogens (primary N) is 1. The van der Waals surface area contributed by atoms with Crippen LogP contribution in [0.1, 0.15) is 17.0 Å². The van der Waals surface area contributed by atoms with Crippen LogP contribution in [-0.2, 0) is 17.8 Å². The summed E-state index contributed by atoms with van der Waals surface area (Å²) in [5.41, 5.74) is 9.18. The van der Waals surface area contributed by atoms with Crippen molar-refractivity contribution in [2.45, 2.75) is 19.9 Å².